The molecule has 1 aliphatic heterocycles. The van der Waals surface area contributed by atoms with E-state index in [1.54, 1.807) is 0 Å². The highest BCUT2D eigenvalue weighted by Crippen LogP contribution is 2.72. The molecule has 0 aromatic carbocycles. The maximum Gasteiger partial charge on any atom is 0.0391 e. The average Bonchev–Trinajstić information content (AvgIpc) is 3.12. The fourth-order valence-electron chi connectivity index (χ4n) is 5.77. The molecule has 2 unspecified atom stereocenters. The first kappa shape index (κ1) is 14.2. The van der Waals surface area contributed by atoms with E-state index in [0.29, 0.717) is 16.9 Å². The molecule has 4 rings (SSSR count). The van der Waals surface area contributed by atoms with Gasteiger partial charge in [-0.3, -0.25) is 0 Å². The molecule has 3 heteroatoms. The van der Waals surface area contributed by atoms with Crippen LogP contribution in [0.15, 0.2) is 16.8 Å². The van der Waals surface area contributed by atoms with Crippen LogP contribution in [-0.2, 0) is 0 Å². The maximum absolute atomic E-state index is 6.05. The van der Waals surface area contributed by atoms with Crippen molar-refractivity contribution in [2.75, 3.05) is 6.54 Å². The minimum absolute atomic E-state index is 0.335. The van der Waals surface area contributed by atoms with E-state index in [1.165, 1.54) is 44.1 Å². The Hall–Kier alpha value is -0.380. The Balaban J connectivity index is 1.75. The molecule has 3 aliphatic rings. The van der Waals surface area contributed by atoms with Crippen LogP contribution in [0.5, 0.6) is 0 Å². The Morgan fingerprint density at radius 1 is 1.33 bits per heavy atom. The van der Waals surface area contributed by atoms with Gasteiger partial charge in [0.05, 0.1) is 0 Å². The van der Waals surface area contributed by atoms with E-state index < -0.39 is 0 Å². The summed E-state index contributed by atoms with van der Waals surface area (Å²) in [5.41, 5.74) is 8.47. The lowest BCUT2D eigenvalue weighted by atomic mass is 9.54. The van der Waals surface area contributed by atoms with Crippen molar-refractivity contribution in [3.63, 3.8) is 0 Å². The second-order valence-electron chi connectivity index (χ2n) is 7.77. The van der Waals surface area contributed by atoms with E-state index in [2.05, 4.69) is 29.1 Å². The second-order valence-corrected chi connectivity index (χ2v) is 8.55. The highest BCUT2D eigenvalue weighted by molar-refractivity contribution is 7.07. The Kier molecular flexibility index (Phi) is 3.44. The molecule has 4 atom stereocenters. The monoisotopic (exact) mass is 304 g/mol. The van der Waals surface area contributed by atoms with Gasteiger partial charge in [0.1, 0.15) is 0 Å². The number of hydrogen-bond donors (Lipinski definition) is 2. The summed E-state index contributed by atoms with van der Waals surface area (Å²) < 4.78 is 0. The van der Waals surface area contributed by atoms with Gasteiger partial charge in [-0.1, -0.05) is 19.8 Å². The molecule has 2 nitrogen and oxygen atoms in total. The normalized spacial score (nSPS) is 41.0. The fraction of sp³-hybridized carbons (Fsp3) is 0.778. The van der Waals surface area contributed by atoms with Gasteiger partial charge in [-0.15, -0.1) is 0 Å². The van der Waals surface area contributed by atoms with Crippen LogP contribution in [0.25, 0.3) is 0 Å². The molecule has 3 N–H and O–H groups in total. The minimum atomic E-state index is 0.335. The summed E-state index contributed by atoms with van der Waals surface area (Å²) in [6, 6.07) is 3.59. The summed E-state index contributed by atoms with van der Waals surface area (Å²) in [6.45, 7) is 3.35. The minimum Gasteiger partial charge on any atom is -0.330 e. The summed E-state index contributed by atoms with van der Waals surface area (Å²) in [6.07, 6.45) is 9.70. The molecular formula is C18H28N2S. The molecule has 1 aromatic rings. The number of rotatable bonds is 3. The van der Waals surface area contributed by atoms with Crippen molar-refractivity contribution in [2.45, 2.75) is 64.0 Å². The molecule has 1 aromatic heterocycles. The van der Waals surface area contributed by atoms with Gasteiger partial charge in [0.25, 0.3) is 0 Å². The predicted molar refractivity (Wildman–Crippen MR) is 89.4 cm³/mol. The number of fused-ring (bicyclic) bond motifs is 2. The van der Waals surface area contributed by atoms with Gasteiger partial charge in [0.15, 0.2) is 0 Å². The largest absolute Gasteiger partial charge is 0.330 e. The SMILES string of the molecule is C[C@]1(CCN)[C@@H](c2ccsc2)NC2CCCCC2C12CC2. The van der Waals surface area contributed by atoms with E-state index in [4.69, 9.17) is 5.73 Å². The van der Waals surface area contributed by atoms with Gasteiger partial charge in [-0.05, 0) is 77.8 Å². The van der Waals surface area contributed by atoms with Crippen LogP contribution in [0, 0.1) is 16.7 Å². The topological polar surface area (TPSA) is 38.0 Å². The summed E-state index contributed by atoms with van der Waals surface area (Å²) in [4.78, 5) is 0. The third-order valence-corrected chi connectivity index (χ3v) is 7.66. The van der Waals surface area contributed by atoms with Crippen molar-refractivity contribution < 1.29 is 0 Å². The quantitative estimate of drug-likeness (QED) is 0.883. The number of nitrogens with one attached hydrogen (secondary N) is 1. The van der Waals surface area contributed by atoms with Crippen LogP contribution in [0.4, 0.5) is 0 Å². The molecule has 21 heavy (non-hydrogen) atoms. The van der Waals surface area contributed by atoms with Crippen LogP contribution >= 0.6 is 11.3 Å². The summed E-state index contributed by atoms with van der Waals surface area (Å²) in [5.74, 6) is 0.901. The van der Waals surface area contributed by atoms with Crippen molar-refractivity contribution in [3.8, 4) is 0 Å². The van der Waals surface area contributed by atoms with Crippen molar-refractivity contribution >= 4 is 11.3 Å². The number of piperidine rings is 1. The van der Waals surface area contributed by atoms with E-state index in [0.717, 1.165) is 24.9 Å². The van der Waals surface area contributed by atoms with E-state index in [9.17, 15) is 0 Å². The number of hydrogen-bond acceptors (Lipinski definition) is 3. The fourth-order valence-corrected chi connectivity index (χ4v) is 6.46. The lowest BCUT2D eigenvalue weighted by Crippen LogP contribution is -2.60. The first-order chi connectivity index (χ1) is 10.2. The highest BCUT2D eigenvalue weighted by Gasteiger charge is 2.67. The predicted octanol–water partition coefficient (Wildman–Crippen LogP) is 4.09. The lowest BCUT2D eigenvalue weighted by Gasteiger charge is -2.57. The zero-order valence-electron chi connectivity index (χ0n) is 13.1. The molecule has 1 spiro atoms. The van der Waals surface area contributed by atoms with Gasteiger partial charge < -0.3 is 11.1 Å². The third kappa shape index (κ3) is 1.97. The first-order valence-electron chi connectivity index (χ1n) is 8.69. The average molecular weight is 305 g/mol. The van der Waals surface area contributed by atoms with Crippen molar-refractivity contribution in [2.24, 2.45) is 22.5 Å². The number of thiophene rings is 1. The molecule has 0 radical (unpaired) electrons. The Bertz CT molecular complexity index is 493. The molecule has 3 fully saturated rings. The standard InChI is InChI=1S/C18H28N2S/c1-17(9-10-19)16(13-6-11-21-12-13)20-15-5-3-2-4-14(15)18(17)7-8-18/h6,11-12,14-16,20H,2-5,7-10,19H2,1H3/t14?,15?,16-,17+/m1/s1. The van der Waals surface area contributed by atoms with E-state index >= 15 is 0 Å². The molecule has 2 saturated carbocycles. The van der Waals surface area contributed by atoms with Crippen molar-refractivity contribution in [1.82, 2.24) is 5.32 Å². The van der Waals surface area contributed by atoms with E-state index in [-0.39, 0.29) is 0 Å². The van der Waals surface area contributed by atoms with E-state index in [1.807, 2.05) is 11.3 Å². The van der Waals surface area contributed by atoms with Gasteiger partial charge in [-0.25, -0.2) is 0 Å². The molecule has 0 bridgehead atoms. The van der Waals surface area contributed by atoms with Crippen molar-refractivity contribution in [3.05, 3.63) is 22.4 Å². The lowest BCUT2D eigenvalue weighted by molar-refractivity contribution is -0.0452. The van der Waals surface area contributed by atoms with Crippen LogP contribution in [-0.4, -0.2) is 12.6 Å². The molecule has 1 saturated heterocycles. The van der Waals surface area contributed by atoms with Crippen LogP contribution in [0.2, 0.25) is 0 Å². The Labute approximate surface area is 132 Å². The van der Waals surface area contributed by atoms with Crippen LogP contribution in [0.1, 0.15) is 63.5 Å². The second kappa shape index (κ2) is 5.07. The zero-order valence-corrected chi connectivity index (χ0v) is 13.9. The van der Waals surface area contributed by atoms with Gasteiger partial charge in [-0.2, -0.15) is 11.3 Å². The van der Waals surface area contributed by atoms with Gasteiger partial charge in [0, 0.05) is 12.1 Å². The van der Waals surface area contributed by atoms with Gasteiger partial charge >= 0.3 is 0 Å². The smallest absolute Gasteiger partial charge is 0.0391 e. The van der Waals surface area contributed by atoms with Crippen LogP contribution < -0.4 is 11.1 Å². The molecule has 2 heterocycles. The highest BCUT2D eigenvalue weighted by atomic mass is 32.1. The molecule has 2 aliphatic carbocycles. The maximum atomic E-state index is 6.05. The Morgan fingerprint density at radius 3 is 2.81 bits per heavy atom. The molecule has 116 valence electrons. The number of nitrogens with two attached hydrogens (primary N) is 1. The summed E-state index contributed by atoms with van der Waals surface area (Å²) >= 11 is 1.83. The van der Waals surface area contributed by atoms with Gasteiger partial charge in [0.2, 0.25) is 0 Å². The van der Waals surface area contributed by atoms with Crippen LogP contribution in [0.3, 0.4) is 0 Å². The van der Waals surface area contributed by atoms with Crippen molar-refractivity contribution in [1.29, 1.82) is 0 Å². The zero-order chi connectivity index (χ0) is 14.5. The summed E-state index contributed by atoms with van der Waals surface area (Å²) in [5, 5.41) is 8.66. The Morgan fingerprint density at radius 2 is 2.14 bits per heavy atom. The summed E-state index contributed by atoms with van der Waals surface area (Å²) in [7, 11) is 0. The first-order valence-corrected chi connectivity index (χ1v) is 9.64. The third-order valence-electron chi connectivity index (χ3n) is 6.96. The molecule has 0 amide bonds. The molecular weight excluding hydrogens is 276 g/mol.